The molecule has 0 bridgehead atoms. The molecule has 1 aliphatic heterocycles. The fourth-order valence-electron chi connectivity index (χ4n) is 4.29. The number of hydrogen-bond acceptors (Lipinski definition) is 7. The third-order valence-electron chi connectivity index (χ3n) is 6.02. The molecule has 174 valence electrons. The smallest absolute Gasteiger partial charge is 0.260 e. The summed E-state index contributed by atoms with van der Waals surface area (Å²) in [5.74, 6) is 1.61. The van der Waals surface area contributed by atoms with Gasteiger partial charge in [-0.25, -0.2) is 4.98 Å². The molecule has 3 heterocycles. The van der Waals surface area contributed by atoms with Gasteiger partial charge in [0.1, 0.15) is 18.0 Å². The van der Waals surface area contributed by atoms with E-state index in [-0.39, 0.29) is 12.5 Å². The number of pyridine rings is 1. The molecule has 0 spiro atoms. The van der Waals surface area contributed by atoms with E-state index in [1.54, 1.807) is 23.4 Å². The predicted molar refractivity (Wildman–Crippen MR) is 131 cm³/mol. The normalized spacial score (nSPS) is 12.5. The van der Waals surface area contributed by atoms with Crippen LogP contribution in [0.25, 0.3) is 22.5 Å². The molecule has 0 radical (unpaired) electrons. The molecule has 2 aromatic carbocycles. The Morgan fingerprint density at radius 2 is 1.97 bits per heavy atom. The Balaban J connectivity index is 1.65. The van der Waals surface area contributed by atoms with Crippen molar-refractivity contribution in [2.45, 2.75) is 20.1 Å². The van der Waals surface area contributed by atoms with Crippen LogP contribution in [-0.4, -0.2) is 37.3 Å². The van der Waals surface area contributed by atoms with Crippen LogP contribution < -0.4 is 10.2 Å². The summed E-state index contributed by atoms with van der Waals surface area (Å²) in [4.78, 5) is 19.6. The monoisotopic (exact) mass is 465 g/mol. The zero-order valence-corrected chi connectivity index (χ0v) is 19.4. The van der Waals surface area contributed by atoms with Crippen LogP contribution in [0.4, 0.5) is 11.6 Å². The van der Waals surface area contributed by atoms with Crippen molar-refractivity contribution in [2.75, 3.05) is 16.8 Å². The number of benzene rings is 2. The second-order valence-electron chi connectivity index (χ2n) is 8.31. The van der Waals surface area contributed by atoms with E-state index in [1.807, 2.05) is 54.9 Å². The third-order valence-corrected chi connectivity index (χ3v) is 6.02. The predicted octanol–water partition coefficient (Wildman–Crippen LogP) is 3.50. The highest BCUT2D eigenvalue weighted by atomic mass is 16.3. The highest BCUT2D eigenvalue weighted by Crippen LogP contribution is 2.36. The van der Waals surface area contributed by atoms with Crippen molar-refractivity contribution in [3.8, 4) is 28.6 Å². The Hall–Kier alpha value is -4.55. The molecule has 9 nitrogen and oxygen atoms in total. The van der Waals surface area contributed by atoms with Crippen molar-refractivity contribution in [2.24, 2.45) is 7.05 Å². The number of fused-ring (bicyclic) bond motifs is 1. The summed E-state index contributed by atoms with van der Waals surface area (Å²) in [6, 6.07) is 16.8. The number of aliphatic hydroxyl groups excluding tert-OH is 1. The Kier molecular flexibility index (Phi) is 5.73. The molecule has 1 amide bonds. The first-order chi connectivity index (χ1) is 17.0. The number of rotatable bonds is 6. The lowest BCUT2D eigenvalue weighted by Crippen LogP contribution is -2.24. The first-order valence-electron chi connectivity index (χ1n) is 11.2. The van der Waals surface area contributed by atoms with Gasteiger partial charge >= 0.3 is 0 Å². The Bertz CT molecular complexity index is 1490. The number of nitriles is 1. The fourth-order valence-corrected chi connectivity index (χ4v) is 4.29. The number of aryl methyl sites for hydroxylation is 1. The van der Waals surface area contributed by atoms with Gasteiger partial charge in [-0.3, -0.25) is 9.69 Å². The maximum Gasteiger partial charge on any atom is 0.260 e. The SMILES string of the molecule is CCNc1cc(-c2cc(C#N)ccc2-c2nncn2C)cc(N2Cc3ccc(CO)cc3C2=O)n1. The molecule has 9 heteroatoms. The number of aliphatic hydroxyl groups is 1. The number of anilines is 2. The van der Waals surface area contributed by atoms with Crippen molar-refractivity contribution in [1.29, 1.82) is 5.26 Å². The third kappa shape index (κ3) is 4.00. The molecule has 0 aliphatic carbocycles. The second-order valence-corrected chi connectivity index (χ2v) is 8.31. The topological polar surface area (TPSA) is 120 Å². The molecule has 5 rings (SSSR count). The Morgan fingerprint density at radius 3 is 2.69 bits per heavy atom. The number of nitrogens with one attached hydrogen (secondary N) is 1. The minimum atomic E-state index is -0.165. The molecule has 2 aromatic heterocycles. The Morgan fingerprint density at radius 1 is 1.11 bits per heavy atom. The van der Waals surface area contributed by atoms with Gasteiger partial charge in [0.05, 0.1) is 24.8 Å². The molecular formula is C26H23N7O2. The quantitative estimate of drug-likeness (QED) is 0.447. The molecule has 35 heavy (non-hydrogen) atoms. The van der Waals surface area contributed by atoms with E-state index in [0.717, 1.165) is 22.3 Å². The van der Waals surface area contributed by atoms with Crippen LogP contribution in [0.15, 0.2) is 54.9 Å². The van der Waals surface area contributed by atoms with Crippen LogP contribution in [0.5, 0.6) is 0 Å². The molecule has 2 N–H and O–H groups in total. The van der Waals surface area contributed by atoms with Crippen molar-refractivity contribution < 1.29 is 9.90 Å². The number of nitrogens with zero attached hydrogens (tertiary/aromatic N) is 6. The minimum absolute atomic E-state index is 0.126. The van der Waals surface area contributed by atoms with Gasteiger partial charge in [-0.15, -0.1) is 10.2 Å². The summed E-state index contributed by atoms with van der Waals surface area (Å²) >= 11 is 0. The molecule has 1 aliphatic rings. The molecule has 0 saturated heterocycles. The average molecular weight is 466 g/mol. The maximum atomic E-state index is 13.3. The number of hydrogen-bond donors (Lipinski definition) is 2. The largest absolute Gasteiger partial charge is 0.392 e. The van der Waals surface area contributed by atoms with Crippen LogP contribution in [0.1, 0.15) is 34.0 Å². The zero-order chi connectivity index (χ0) is 24.5. The van der Waals surface area contributed by atoms with Crippen LogP contribution in [-0.2, 0) is 20.2 Å². The van der Waals surface area contributed by atoms with Crippen molar-refractivity contribution in [3.63, 3.8) is 0 Å². The average Bonchev–Trinajstić information content (AvgIpc) is 3.46. The van der Waals surface area contributed by atoms with E-state index >= 15 is 0 Å². The summed E-state index contributed by atoms with van der Waals surface area (Å²) in [5, 5.41) is 30.5. The molecule has 0 unspecified atom stereocenters. The van der Waals surface area contributed by atoms with Crippen LogP contribution >= 0.6 is 0 Å². The van der Waals surface area contributed by atoms with Gasteiger partial charge in [0, 0.05) is 24.7 Å². The van der Waals surface area contributed by atoms with Gasteiger partial charge in [-0.05, 0) is 65.6 Å². The van der Waals surface area contributed by atoms with Crippen LogP contribution in [0.2, 0.25) is 0 Å². The van der Waals surface area contributed by atoms with Crippen molar-refractivity contribution in [3.05, 3.63) is 77.1 Å². The van der Waals surface area contributed by atoms with E-state index < -0.39 is 0 Å². The van der Waals surface area contributed by atoms with E-state index in [2.05, 4.69) is 21.6 Å². The number of carbonyl (C=O) groups excluding carboxylic acids is 1. The molecule has 0 fully saturated rings. The van der Waals surface area contributed by atoms with Gasteiger partial charge in [0.2, 0.25) is 0 Å². The molecular weight excluding hydrogens is 442 g/mol. The Labute approximate surface area is 202 Å². The summed E-state index contributed by atoms with van der Waals surface area (Å²) in [5.41, 5.74) is 5.05. The van der Waals surface area contributed by atoms with Gasteiger partial charge < -0.3 is 15.0 Å². The van der Waals surface area contributed by atoms with Gasteiger partial charge in [-0.2, -0.15) is 5.26 Å². The van der Waals surface area contributed by atoms with E-state index in [1.165, 1.54) is 0 Å². The minimum Gasteiger partial charge on any atom is -0.392 e. The molecule has 0 saturated carbocycles. The lowest BCUT2D eigenvalue weighted by Gasteiger charge is -2.19. The second kappa shape index (κ2) is 9.00. The van der Waals surface area contributed by atoms with E-state index in [4.69, 9.17) is 4.98 Å². The van der Waals surface area contributed by atoms with Gasteiger partial charge in [-0.1, -0.05) is 12.1 Å². The molecule has 4 aromatic rings. The fraction of sp³-hybridized carbons (Fsp3) is 0.192. The van der Waals surface area contributed by atoms with Gasteiger partial charge in [0.15, 0.2) is 5.82 Å². The van der Waals surface area contributed by atoms with E-state index in [0.29, 0.717) is 47.2 Å². The van der Waals surface area contributed by atoms with Crippen LogP contribution in [0, 0.1) is 11.3 Å². The highest BCUT2D eigenvalue weighted by Gasteiger charge is 2.30. The lowest BCUT2D eigenvalue weighted by atomic mass is 9.97. The maximum absolute atomic E-state index is 13.3. The standard InChI is InChI=1S/C26H23N7O2/c1-3-28-23-10-19(21-8-16(12-27)5-7-20(21)25-31-29-15-32(25)2)11-24(30-23)33-13-18-6-4-17(14-34)9-22(18)26(33)35/h4-11,15,34H,3,13-14H2,1-2H3,(H,28,30). The van der Waals surface area contributed by atoms with Gasteiger partial charge in [0.25, 0.3) is 5.91 Å². The van der Waals surface area contributed by atoms with Crippen molar-refractivity contribution in [1.82, 2.24) is 19.7 Å². The molecule has 0 atom stereocenters. The summed E-state index contributed by atoms with van der Waals surface area (Å²) < 4.78 is 1.82. The first-order valence-corrected chi connectivity index (χ1v) is 11.2. The van der Waals surface area contributed by atoms with E-state index in [9.17, 15) is 15.2 Å². The zero-order valence-electron chi connectivity index (χ0n) is 19.4. The van der Waals surface area contributed by atoms with Crippen LogP contribution in [0.3, 0.4) is 0 Å². The number of carbonyl (C=O) groups is 1. The summed E-state index contributed by atoms with van der Waals surface area (Å²) in [6.45, 7) is 2.89. The first kappa shape index (κ1) is 22.3. The number of amides is 1. The lowest BCUT2D eigenvalue weighted by molar-refractivity contribution is 0.0996. The summed E-state index contributed by atoms with van der Waals surface area (Å²) in [7, 11) is 1.86. The summed E-state index contributed by atoms with van der Waals surface area (Å²) in [6.07, 6.45) is 1.63. The highest BCUT2D eigenvalue weighted by molar-refractivity contribution is 6.10. The van der Waals surface area contributed by atoms with Crippen molar-refractivity contribution >= 4 is 17.5 Å². The number of aromatic nitrogens is 4.